The molecule has 4 aliphatic carbocycles. The third-order valence-electron chi connectivity index (χ3n) is 14.8. The minimum atomic E-state index is -2.60. The quantitative estimate of drug-likeness (QED) is 0.0397. The van der Waals surface area contributed by atoms with Crippen LogP contribution in [-0.4, -0.2) is 72.0 Å². The van der Waals surface area contributed by atoms with Crippen LogP contribution in [0.1, 0.15) is 187 Å². The van der Waals surface area contributed by atoms with E-state index in [-0.39, 0.29) is 62.4 Å². The lowest BCUT2D eigenvalue weighted by molar-refractivity contribution is -0.152. The maximum absolute atomic E-state index is 13.0. The smallest absolute Gasteiger partial charge is 0.360 e. The van der Waals surface area contributed by atoms with Crippen molar-refractivity contribution >= 4 is 102 Å². The number of hydrogen-bond acceptors (Lipinski definition) is 11. The van der Waals surface area contributed by atoms with Crippen molar-refractivity contribution in [2.45, 2.75) is 245 Å². The summed E-state index contributed by atoms with van der Waals surface area (Å²) in [7, 11) is -5.40. The SMILES string of the molecule is C.C.C.C.C.C.C=C(C)C(=O)OCCC1CCC(C2CCC(CC[P+]([O-])=S=S)CC2)CC1.CC(C[Si](C)(O[Si](C)O[Si](C)(C)C)O[Si](C)(C)C)C(=O)OCCC1CCC(C2CCC(CC[P+]([O-])=S=S)CC2)CC1. The van der Waals surface area contributed by atoms with E-state index in [1.807, 2.05) is 6.92 Å². The average molecular weight is 1210 g/mol. The van der Waals surface area contributed by atoms with E-state index < -0.39 is 48.3 Å². The van der Waals surface area contributed by atoms with Crippen LogP contribution in [0, 0.1) is 53.3 Å². The van der Waals surface area contributed by atoms with Gasteiger partial charge in [0.2, 0.25) is 0 Å². The van der Waals surface area contributed by atoms with Crippen molar-refractivity contribution in [2.24, 2.45) is 53.3 Å². The van der Waals surface area contributed by atoms with Gasteiger partial charge in [0.15, 0.2) is 16.6 Å². The van der Waals surface area contributed by atoms with Crippen molar-refractivity contribution in [1.82, 2.24) is 0 Å². The molecule has 4 fully saturated rings. The van der Waals surface area contributed by atoms with Gasteiger partial charge in [-0.3, -0.25) is 4.79 Å². The van der Waals surface area contributed by atoms with E-state index in [1.165, 1.54) is 103 Å². The minimum absolute atomic E-state index is 0. The second-order valence-electron chi connectivity index (χ2n) is 22.9. The van der Waals surface area contributed by atoms with E-state index in [1.54, 1.807) is 6.92 Å². The van der Waals surface area contributed by atoms with E-state index in [4.69, 9.17) is 44.2 Å². The van der Waals surface area contributed by atoms with Crippen molar-refractivity contribution in [3.8, 4) is 0 Å². The average Bonchev–Trinajstić information content (AvgIpc) is 3.26. The standard InChI is InChI=1S/C28H58O6PS2Si4.C20H33O3PS2.6CH4/c1-23(22-41(9,34-40(6,7)8)33-38(2)32-39(3,4)5)28(29)31-20-18-24-10-14-26(15-11-24)27-16-12-25(13-17-27)19-21-35(30)37-36;1-15(2)20(21)23-13-11-16-3-7-18(8-4-16)19-9-5-17(6-10-19)12-14-24(22)26-25;;;;;;/h23-27H,10-22H2,1-9H3;16-19H,1,3-14H2,2H3;6*1H4. The van der Waals surface area contributed by atoms with Crippen LogP contribution in [0.5, 0.6) is 0 Å². The van der Waals surface area contributed by atoms with E-state index in [0.29, 0.717) is 36.7 Å². The summed E-state index contributed by atoms with van der Waals surface area (Å²) in [6, 6.07) is 0.603. The van der Waals surface area contributed by atoms with Gasteiger partial charge in [0.1, 0.15) is 45.2 Å². The Hall–Kier alpha value is 0.828. The molecule has 0 aromatic carbocycles. The molecule has 4 aliphatic rings. The van der Waals surface area contributed by atoms with Crippen LogP contribution in [0.3, 0.4) is 0 Å². The van der Waals surface area contributed by atoms with Gasteiger partial charge in [-0.2, -0.15) is 0 Å². The zero-order valence-corrected chi connectivity index (χ0v) is 52.3. The lowest BCUT2D eigenvalue weighted by Crippen LogP contribution is -2.53. The number of rotatable bonds is 24. The molecule has 4 atom stereocenters. The van der Waals surface area contributed by atoms with Crippen LogP contribution < -0.4 is 9.79 Å². The van der Waals surface area contributed by atoms with Gasteiger partial charge < -0.3 is 31.6 Å². The molecule has 4 saturated carbocycles. The van der Waals surface area contributed by atoms with Gasteiger partial charge in [0, 0.05) is 34.0 Å². The van der Waals surface area contributed by atoms with E-state index in [9.17, 15) is 19.4 Å². The molecular formula is C54H115O9P2S4Si4. The Morgan fingerprint density at radius 1 is 0.589 bits per heavy atom. The molecule has 19 heteroatoms. The van der Waals surface area contributed by atoms with Crippen molar-refractivity contribution in [3.63, 3.8) is 0 Å². The third-order valence-corrected chi connectivity index (χ3v) is 33.5. The molecule has 1 radical (unpaired) electrons. The summed E-state index contributed by atoms with van der Waals surface area (Å²) >= 11 is 9.68. The summed E-state index contributed by atoms with van der Waals surface area (Å²) in [5, 5.41) is 0. The second kappa shape index (κ2) is 40.9. The first-order valence-electron chi connectivity index (χ1n) is 25.9. The predicted octanol–water partition coefficient (Wildman–Crippen LogP) is 16.2. The summed E-state index contributed by atoms with van der Waals surface area (Å²) < 4.78 is 30.5. The fraction of sp³-hybridized carbons (Fsp3) is 0.926. The minimum Gasteiger partial charge on any atom is -0.620 e. The van der Waals surface area contributed by atoms with Crippen LogP contribution in [0.15, 0.2) is 12.2 Å². The molecule has 435 valence electrons. The molecule has 0 N–H and O–H groups in total. The van der Waals surface area contributed by atoms with Gasteiger partial charge in [-0.05, 0) is 184 Å². The highest BCUT2D eigenvalue weighted by Crippen LogP contribution is 2.44. The largest absolute Gasteiger partial charge is 0.620 e. The Kier molecular flexibility index (Phi) is 45.0. The molecule has 9 nitrogen and oxygen atoms in total. The van der Waals surface area contributed by atoms with Gasteiger partial charge in [-0.15, -0.1) is 0 Å². The Labute approximate surface area is 475 Å². The second-order valence-corrected chi connectivity index (χ2v) is 46.0. The van der Waals surface area contributed by atoms with Gasteiger partial charge in [-0.1, -0.05) is 109 Å². The molecule has 4 unspecified atom stereocenters. The van der Waals surface area contributed by atoms with Gasteiger partial charge >= 0.3 is 29.8 Å². The highest BCUT2D eigenvalue weighted by atomic mass is 32.9. The van der Waals surface area contributed by atoms with Crippen molar-refractivity contribution < 1.29 is 41.2 Å². The van der Waals surface area contributed by atoms with Crippen molar-refractivity contribution in [2.75, 3.05) is 25.5 Å². The Bertz CT molecular complexity index is 1630. The first-order valence-corrected chi connectivity index (χ1v) is 44.6. The molecule has 0 aromatic heterocycles. The van der Waals surface area contributed by atoms with Gasteiger partial charge in [0.05, 0.1) is 19.1 Å². The molecular weight excluding hydrogens is 1100 g/mol. The predicted molar refractivity (Wildman–Crippen MR) is 338 cm³/mol. The molecule has 0 bridgehead atoms. The summed E-state index contributed by atoms with van der Waals surface area (Å²) in [6.07, 6.45) is 26.8. The fourth-order valence-electron chi connectivity index (χ4n) is 11.5. The Morgan fingerprint density at radius 2 is 0.918 bits per heavy atom. The summed E-state index contributed by atoms with van der Waals surface area (Å²) in [6.45, 7) is 23.1. The lowest BCUT2D eigenvalue weighted by atomic mass is 9.68. The van der Waals surface area contributed by atoms with E-state index >= 15 is 0 Å². The summed E-state index contributed by atoms with van der Waals surface area (Å²) in [5.41, 5.74) is 0.485. The first kappa shape index (κ1) is 80.3. The topological polar surface area (TPSA) is 126 Å². The molecule has 0 aliphatic heterocycles. The molecule has 4 rings (SSSR count). The first-order chi connectivity index (χ1) is 31.5. The monoisotopic (exact) mass is 1210 g/mol. The van der Waals surface area contributed by atoms with Crippen LogP contribution in [-0.2, 0) is 72.8 Å². The molecule has 0 saturated heterocycles. The van der Waals surface area contributed by atoms with Crippen LogP contribution in [0.25, 0.3) is 0 Å². The van der Waals surface area contributed by atoms with Crippen molar-refractivity contribution in [1.29, 1.82) is 0 Å². The molecule has 0 spiro atoms. The van der Waals surface area contributed by atoms with E-state index in [0.717, 1.165) is 92.5 Å². The zero-order valence-electron chi connectivity index (χ0n) is 43.3. The number of carbonyl (C=O) groups is 2. The highest BCUT2D eigenvalue weighted by Gasteiger charge is 2.43. The summed E-state index contributed by atoms with van der Waals surface area (Å²) in [4.78, 5) is 47.6. The lowest BCUT2D eigenvalue weighted by Gasteiger charge is -2.38. The highest BCUT2D eigenvalue weighted by molar-refractivity contribution is 8.34. The Morgan fingerprint density at radius 3 is 1.22 bits per heavy atom. The molecule has 0 amide bonds. The third kappa shape index (κ3) is 33.9. The summed E-state index contributed by atoms with van der Waals surface area (Å²) in [5.74, 6) is 5.80. The molecule has 0 heterocycles. The molecule has 73 heavy (non-hydrogen) atoms. The zero-order chi connectivity index (χ0) is 49.8. The normalized spacial score (nSPS) is 25.6. The van der Waals surface area contributed by atoms with Crippen LogP contribution >= 0.6 is 13.8 Å². The fourth-order valence-corrected chi connectivity index (χ4v) is 29.3. The number of carbonyl (C=O) groups excluding carboxylic acids is 2. The van der Waals surface area contributed by atoms with Crippen LogP contribution in [0.4, 0.5) is 0 Å². The van der Waals surface area contributed by atoms with Crippen LogP contribution in [0.2, 0.25) is 58.4 Å². The maximum atomic E-state index is 13.0. The number of hydrogen-bond donors (Lipinski definition) is 0. The van der Waals surface area contributed by atoms with Gasteiger partial charge in [0.25, 0.3) is 0 Å². The van der Waals surface area contributed by atoms with E-state index in [2.05, 4.69) is 59.0 Å². The molecule has 0 aromatic rings. The van der Waals surface area contributed by atoms with Gasteiger partial charge in [-0.25, -0.2) is 4.79 Å². The Balaban J connectivity index is -0.000000651. The number of esters is 2. The maximum Gasteiger partial charge on any atom is 0.360 e. The number of ether oxygens (including phenoxy) is 2. The van der Waals surface area contributed by atoms with Crippen molar-refractivity contribution in [3.05, 3.63) is 12.2 Å².